The summed E-state index contributed by atoms with van der Waals surface area (Å²) in [6.45, 7) is 4.04. The molecule has 126 valence electrons. The Balaban J connectivity index is 2.47. The maximum Gasteiger partial charge on any atom is 0.395 e. The van der Waals surface area contributed by atoms with Crippen LogP contribution in [-0.2, 0) is 0 Å². The van der Waals surface area contributed by atoms with E-state index in [-0.39, 0.29) is 6.42 Å². The second-order valence-corrected chi connectivity index (χ2v) is 6.22. The van der Waals surface area contributed by atoms with E-state index in [0.29, 0.717) is 5.70 Å². The fourth-order valence-corrected chi connectivity index (χ4v) is 2.60. The summed E-state index contributed by atoms with van der Waals surface area (Å²) in [5.41, 5.74) is 4.70. The van der Waals surface area contributed by atoms with Crippen LogP contribution >= 0.6 is 0 Å². The summed E-state index contributed by atoms with van der Waals surface area (Å²) in [6, 6.07) is 6.01. The molecule has 2 rings (SSSR count). The molecule has 1 aromatic carbocycles. The molecule has 1 atom stereocenters. The van der Waals surface area contributed by atoms with Crippen molar-refractivity contribution in [3.63, 3.8) is 0 Å². The second kappa shape index (κ2) is 6.40. The summed E-state index contributed by atoms with van der Waals surface area (Å²) in [5.74, 6) is -1.44. The number of likely N-dealkylation sites (N-methyl/N-ethyl adjacent to an activating group) is 1. The van der Waals surface area contributed by atoms with E-state index in [2.05, 4.69) is 0 Å². The predicted octanol–water partition coefficient (Wildman–Crippen LogP) is 4.56. The average molecular weight is 324 g/mol. The van der Waals surface area contributed by atoms with Crippen molar-refractivity contribution in [3.8, 4) is 0 Å². The van der Waals surface area contributed by atoms with Crippen molar-refractivity contribution in [2.45, 2.75) is 26.4 Å². The molecule has 0 fully saturated rings. The minimum Gasteiger partial charge on any atom is -0.309 e. The van der Waals surface area contributed by atoms with Gasteiger partial charge >= 0.3 is 6.18 Å². The quantitative estimate of drug-likeness (QED) is 0.752. The second-order valence-electron chi connectivity index (χ2n) is 6.22. The first-order valence-corrected chi connectivity index (χ1v) is 7.59. The summed E-state index contributed by atoms with van der Waals surface area (Å²) in [4.78, 5) is 0. The van der Waals surface area contributed by atoms with E-state index in [1.54, 1.807) is 23.1 Å². The van der Waals surface area contributed by atoms with Crippen molar-refractivity contribution in [1.29, 1.82) is 0 Å². The molecule has 0 spiro atoms. The standard InChI is InChI=1S/C18H23F3N2/c1-12-6-7-14(10-13(12)2)16-9-8-15(18(19,20)21)11-17(16)23(5)22(3)4/h6-7,9-11,15H,8H2,1-5H3. The Hall–Kier alpha value is -1.75. The Kier molecular flexibility index (Phi) is 4.90. The summed E-state index contributed by atoms with van der Waals surface area (Å²) >= 11 is 0. The number of allylic oxidation sites excluding steroid dienone is 3. The number of alkyl halides is 3. The average Bonchev–Trinajstić information content (AvgIpc) is 2.47. The third-order valence-corrected chi connectivity index (χ3v) is 4.40. The SMILES string of the molecule is Cc1ccc(C2=CCC(C(F)(F)F)C=C2N(C)N(C)C)cc1C. The molecule has 0 bridgehead atoms. The zero-order chi connectivity index (χ0) is 17.4. The summed E-state index contributed by atoms with van der Waals surface area (Å²) < 4.78 is 39.4. The molecule has 1 unspecified atom stereocenters. The summed E-state index contributed by atoms with van der Waals surface area (Å²) in [5, 5.41) is 3.53. The van der Waals surface area contributed by atoms with Crippen LogP contribution < -0.4 is 0 Å². The topological polar surface area (TPSA) is 6.48 Å². The maximum atomic E-state index is 13.1. The minimum atomic E-state index is -4.22. The fraction of sp³-hybridized carbons (Fsp3) is 0.444. The third kappa shape index (κ3) is 3.78. The number of benzene rings is 1. The van der Waals surface area contributed by atoms with Gasteiger partial charge in [0.25, 0.3) is 0 Å². The highest BCUT2D eigenvalue weighted by molar-refractivity contribution is 5.79. The monoisotopic (exact) mass is 324 g/mol. The van der Waals surface area contributed by atoms with Gasteiger partial charge in [0.05, 0.1) is 11.6 Å². The van der Waals surface area contributed by atoms with Gasteiger partial charge in [0.15, 0.2) is 0 Å². The molecule has 0 saturated heterocycles. The Labute approximate surface area is 135 Å². The first-order valence-electron chi connectivity index (χ1n) is 7.59. The van der Waals surface area contributed by atoms with Crippen LogP contribution in [0.2, 0.25) is 0 Å². The van der Waals surface area contributed by atoms with Crippen LogP contribution in [0.1, 0.15) is 23.1 Å². The van der Waals surface area contributed by atoms with E-state index in [0.717, 1.165) is 16.7 Å². The highest BCUT2D eigenvalue weighted by Crippen LogP contribution is 2.39. The zero-order valence-electron chi connectivity index (χ0n) is 14.2. The fourth-order valence-electron chi connectivity index (χ4n) is 2.60. The number of rotatable bonds is 3. The smallest absolute Gasteiger partial charge is 0.309 e. The molecule has 1 aliphatic rings. The van der Waals surface area contributed by atoms with E-state index >= 15 is 0 Å². The van der Waals surface area contributed by atoms with Gasteiger partial charge in [-0.3, -0.25) is 0 Å². The van der Waals surface area contributed by atoms with E-state index in [1.165, 1.54) is 11.6 Å². The lowest BCUT2D eigenvalue weighted by Crippen LogP contribution is -2.35. The lowest BCUT2D eigenvalue weighted by molar-refractivity contribution is -0.160. The van der Waals surface area contributed by atoms with Gasteiger partial charge in [-0.25, -0.2) is 5.01 Å². The lowest BCUT2D eigenvalue weighted by Gasteiger charge is -2.34. The van der Waals surface area contributed by atoms with Crippen LogP contribution in [-0.4, -0.2) is 37.3 Å². The molecule has 0 aromatic heterocycles. The van der Waals surface area contributed by atoms with Crippen molar-refractivity contribution in [1.82, 2.24) is 10.0 Å². The van der Waals surface area contributed by atoms with Crippen molar-refractivity contribution in [3.05, 3.63) is 52.7 Å². The Morgan fingerprint density at radius 1 is 1.04 bits per heavy atom. The van der Waals surface area contributed by atoms with Gasteiger partial charge in [0, 0.05) is 26.7 Å². The molecule has 0 heterocycles. The van der Waals surface area contributed by atoms with E-state index in [9.17, 15) is 13.2 Å². The first-order chi connectivity index (χ1) is 10.6. The van der Waals surface area contributed by atoms with E-state index < -0.39 is 12.1 Å². The van der Waals surface area contributed by atoms with Gasteiger partial charge in [-0.15, -0.1) is 0 Å². The summed E-state index contributed by atoms with van der Waals surface area (Å²) in [6.07, 6.45) is -1.19. The van der Waals surface area contributed by atoms with Crippen LogP contribution in [0.15, 0.2) is 36.0 Å². The molecule has 0 saturated carbocycles. The molecule has 23 heavy (non-hydrogen) atoms. The van der Waals surface area contributed by atoms with Crippen LogP contribution in [0.5, 0.6) is 0 Å². The van der Waals surface area contributed by atoms with Gasteiger partial charge in [0.1, 0.15) is 0 Å². The molecule has 1 aliphatic carbocycles. The predicted molar refractivity (Wildman–Crippen MR) is 87.6 cm³/mol. The first kappa shape index (κ1) is 17.6. The minimum absolute atomic E-state index is 0.0173. The van der Waals surface area contributed by atoms with Gasteiger partial charge in [-0.2, -0.15) is 13.2 Å². The number of nitrogens with zero attached hydrogens (tertiary/aromatic N) is 2. The zero-order valence-corrected chi connectivity index (χ0v) is 14.2. The number of hydrogen-bond donors (Lipinski definition) is 0. The third-order valence-electron chi connectivity index (χ3n) is 4.40. The Bertz CT molecular complexity index is 642. The molecule has 0 amide bonds. The highest BCUT2D eigenvalue weighted by Gasteiger charge is 2.40. The van der Waals surface area contributed by atoms with Gasteiger partial charge < -0.3 is 5.01 Å². The molecule has 0 aliphatic heterocycles. The van der Waals surface area contributed by atoms with Crippen molar-refractivity contribution >= 4 is 5.57 Å². The van der Waals surface area contributed by atoms with Crippen molar-refractivity contribution < 1.29 is 13.2 Å². The Morgan fingerprint density at radius 2 is 1.70 bits per heavy atom. The van der Waals surface area contributed by atoms with E-state index in [1.807, 2.05) is 46.1 Å². The van der Waals surface area contributed by atoms with Crippen LogP contribution in [0, 0.1) is 19.8 Å². The molecule has 0 radical (unpaired) electrons. The number of hydrazine groups is 1. The molecule has 0 N–H and O–H groups in total. The van der Waals surface area contributed by atoms with Crippen LogP contribution in [0.4, 0.5) is 13.2 Å². The normalized spacial score (nSPS) is 18.7. The summed E-state index contributed by atoms with van der Waals surface area (Å²) in [7, 11) is 5.41. The highest BCUT2D eigenvalue weighted by atomic mass is 19.4. The maximum absolute atomic E-state index is 13.1. The molecule has 2 nitrogen and oxygen atoms in total. The van der Waals surface area contributed by atoms with Gasteiger partial charge in [-0.1, -0.05) is 24.3 Å². The van der Waals surface area contributed by atoms with Gasteiger partial charge in [-0.05, 0) is 43.0 Å². The lowest BCUT2D eigenvalue weighted by atomic mass is 9.88. The molecular weight excluding hydrogens is 301 g/mol. The van der Waals surface area contributed by atoms with Gasteiger partial charge in [0.2, 0.25) is 0 Å². The number of aryl methyl sites for hydroxylation is 2. The molecule has 5 heteroatoms. The van der Waals surface area contributed by atoms with Crippen molar-refractivity contribution in [2.24, 2.45) is 5.92 Å². The van der Waals surface area contributed by atoms with E-state index in [4.69, 9.17) is 0 Å². The van der Waals surface area contributed by atoms with Crippen LogP contribution in [0.3, 0.4) is 0 Å². The molecular formula is C18H23F3N2. The van der Waals surface area contributed by atoms with Crippen LogP contribution in [0.25, 0.3) is 5.57 Å². The van der Waals surface area contributed by atoms with Crippen molar-refractivity contribution in [2.75, 3.05) is 21.1 Å². The largest absolute Gasteiger partial charge is 0.395 e. The number of hydrogen-bond acceptors (Lipinski definition) is 2. The Morgan fingerprint density at radius 3 is 2.22 bits per heavy atom. The molecule has 1 aromatic rings. The number of halogens is 3.